The number of hydrogen-bond acceptors (Lipinski definition) is 7. The summed E-state index contributed by atoms with van der Waals surface area (Å²) in [5, 5.41) is 5.88. The molecule has 3 aromatic rings. The lowest BCUT2D eigenvalue weighted by Gasteiger charge is -2.34. The molecule has 136 valence electrons. The van der Waals surface area contributed by atoms with Gasteiger partial charge in [-0.05, 0) is 55.0 Å². The SMILES string of the molecule is NC1(c2noc(-c3ccc(S(=O)(=O)NCc4cccs4)cc3)n2)CCC1. The zero-order valence-electron chi connectivity index (χ0n) is 13.9. The van der Waals surface area contributed by atoms with Crippen molar-refractivity contribution in [3.8, 4) is 11.5 Å². The van der Waals surface area contributed by atoms with Crippen molar-refractivity contribution in [2.75, 3.05) is 0 Å². The van der Waals surface area contributed by atoms with Crippen LogP contribution in [0, 0.1) is 0 Å². The van der Waals surface area contributed by atoms with Gasteiger partial charge < -0.3 is 10.3 Å². The summed E-state index contributed by atoms with van der Waals surface area (Å²) in [4.78, 5) is 5.51. The molecule has 0 unspecified atom stereocenters. The number of nitrogens with two attached hydrogens (primary N) is 1. The fourth-order valence-corrected chi connectivity index (χ4v) is 4.51. The highest BCUT2D eigenvalue weighted by molar-refractivity contribution is 7.89. The summed E-state index contributed by atoms with van der Waals surface area (Å²) in [5.41, 5.74) is 6.37. The molecule has 1 aliphatic carbocycles. The summed E-state index contributed by atoms with van der Waals surface area (Å²) in [5.74, 6) is 0.847. The maximum absolute atomic E-state index is 12.4. The highest BCUT2D eigenvalue weighted by Gasteiger charge is 2.39. The van der Waals surface area contributed by atoms with Crippen LogP contribution in [0.2, 0.25) is 0 Å². The number of aromatic nitrogens is 2. The second-order valence-electron chi connectivity index (χ2n) is 6.36. The van der Waals surface area contributed by atoms with E-state index in [4.69, 9.17) is 10.3 Å². The van der Waals surface area contributed by atoms with Gasteiger partial charge in [0.25, 0.3) is 5.89 Å². The molecule has 26 heavy (non-hydrogen) atoms. The van der Waals surface area contributed by atoms with Crippen LogP contribution < -0.4 is 10.5 Å². The van der Waals surface area contributed by atoms with Crippen LogP contribution in [0.5, 0.6) is 0 Å². The van der Waals surface area contributed by atoms with E-state index < -0.39 is 15.6 Å². The van der Waals surface area contributed by atoms with Gasteiger partial charge in [0, 0.05) is 17.0 Å². The van der Waals surface area contributed by atoms with E-state index in [-0.39, 0.29) is 11.4 Å². The van der Waals surface area contributed by atoms with Gasteiger partial charge in [-0.1, -0.05) is 11.2 Å². The summed E-state index contributed by atoms with van der Waals surface area (Å²) in [6, 6.07) is 10.1. The molecule has 9 heteroatoms. The first-order valence-electron chi connectivity index (χ1n) is 8.22. The van der Waals surface area contributed by atoms with Crippen LogP contribution in [0.1, 0.15) is 30.0 Å². The molecule has 0 amide bonds. The van der Waals surface area contributed by atoms with E-state index >= 15 is 0 Å². The average Bonchev–Trinajstić information content (AvgIpc) is 3.30. The van der Waals surface area contributed by atoms with Crippen molar-refractivity contribution >= 4 is 21.4 Å². The lowest BCUT2D eigenvalue weighted by molar-refractivity contribution is 0.229. The van der Waals surface area contributed by atoms with Crippen LogP contribution in [0.3, 0.4) is 0 Å². The molecule has 0 spiro atoms. The molecule has 0 bridgehead atoms. The Hall–Kier alpha value is -2.07. The summed E-state index contributed by atoms with van der Waals surface area (Å²) in [7, 11) is -3.58. The first kappa shape index (κ1) is 17.3. The van der Waals surface area contributed by atoms with Gasteiger partial charge in [0.2, 0.25) is 10.0 Å². The van der Waals surface area contributed by atoms with Gasteiger partial charge in [0.15, 0.2) is 5.82 Å². The van der Waals surface area contributed by atoms with E-state index in [0.29, 0.717) is 17.3 Å². The van der Waals surface area contributed by atoms with Gasteiger partial charge in [-0.2, -0.15) is 4.98 Å². The van der Waals surface area contributed by atoms with Crippen LogP contribution in [-0.4, -0.2) is 18.6 Å². The van der Waals surface area contributed by atoms with E-state index in [1.807, 2.05) is 17.5 Å². The topological polar surface area (TPSA) is 111 Å². The molecule has 1 fully saturated rings. The fraction of sp³-hybridized carbons (Fsp3) is 0.294. The maximum atomic E-state index is 12.4. The first-order chi connectivity index (χ1) is 12.5. The molecule has 3 N–H and O–H groups in total. The number of benzene rings is 1. The molecule has 0 radical (unpaired) electrons. The molecular formula is C17H18N4O3S2. The summed E-state index contributed by atoms with van der Waals surface area (Å²) < 4.78 is 32.6. The van der Waals surface area contributed by atoms with Crippen LogP contribution >= 0.6 is 11.3 Å². The van der Waals surface area contributed by atoms with Crippen molar-refractivity contribution < 1.29 is 12.9 Å². The van der Waals surface area contributed by atoms with Gasteiger partial charge in [0.1, 0.15) is 0 Å². The van der Waals surface area contributed by atoms with Crippen molar-refractivity contribution in [3.63, 3.8) is 0 Å². The largest absolute Gasteiger partial charge is 0.334 e. The Bertz CT molecular complexity index is 991. The monoisotopic (exact) mass is 390 g/mol. The molecular weight excluding hydrogens is 372 g/mol. The van der Waals surface area contributed by atoms with Crippen molar-refractivity contribution in [1.82, 2.24) is 14.9 Å². The smallest absolute Gasteiger partial charge is 0.257 e. The highest BCUT2D eigenvalue weighted by Crippen LogP contribution is 2.37. The van der Waals surface area contributed by atoms with Crippen LogP contribution in [-0.2, 0) is 22.1 Å². The molecule has 1 aromatic carbocycles. The third-order valence-corrected chi connectivity index (χ3v) is 6.84. The molecule has 1 saturated carbocycles. The number of sulfonamides is 1. The molecule has 0 aliphatic heterocycles. The predicted octanol–water partition coefficient (Wildman–Crippen LogP) is 2.61. The number of hydrogen-bond donors (Lipinski definition) is 2. The second-order valence-corrected chi connectivity index (χ2v) is 9.16. The Morgan fingerprint density at radius 2 is 2.00 bits per heavy atom. The Morgan fingerprint density at radius 3 is 2.62 bits per heavy atom. The lowest BCUT2D eigenvalue weighted by Crippen LogP contribution is -2.44. The first-order valence-corrected chi connectivity index (χ1v) is 10.6. The minimum Gasteiger partial charge on any atom is -0.334 e. The Kier molecular flexibility index (Phi) is 4.39. The molecule has 2 aromatic heterocycles. The zero-order chi connectivity index (χ0) is 18.2. The van der Waals surface area contributed by atoms with Gasteiger partial charge in [0.05, 0.1) is 10.4 Å². The summed E-state index contributed by atoms with van der Waals surface area (Å²) in [6.45, 7) is 0.271. The summed E-state index contributed by atoms with van der Waals surface area (Å²) in [6.07, 6.45) is 2.75. The predicted molar refractivity (Wildman–Crippen MR) is 97.8 cm³/mol. The highest BCUT2D eigenvalue weighted by atomic mass is 32.2. The Labute approximate surface area is 155 Å². The molecule has 2 heterocycles. The van der Waals surface area contributed by atoms with Crippen LogP contribution in [0.15, 0.2) is 51.2 Å². The van der Waals surface area contributed by atoms with Crippen molar-refractivity contribution in [3.05, 3.63) is 52.5 Å². The maximum Gasteiger partial charge on any atom is 0.257 e. The normalized spacial score (nSPS) is 16.3. The summed E-state index contributed by atoms with van der Waals surface area (Å²) >= 11 is 1.50. The van der Waals surface area contributed by atoms with E-state index in [2.05, 4.69) is 14.9 Å². The zero-order valence-corrected chi connectivity index (χ0v) is 15.5. The van der Waals surface area contributed by atoms with Gasteiger partial charge in [-0.3, -0.25) is 0 Å². The van der Waals surface area contributed by atoms with E-state index in [9.17, 15) is 8.42 Å². The third-order valence-electron chi connectivity index (χ3n) is 4.55. The van der Waals surface area contributed by atoms with Gasteiger partial charge in [-0.25, -0.2) is 13.1 Å². The quantitative estimate of drug-likeness (QED) is 0.669. The second kappa shape index (κ2) is 6.58. The van der Waals surface area contributed by atoms with Gasteiger partial charge in [-0.15, -0.1) is 11.3 Å². The number of rotatable bonds is 6. The third kappa shape index (κ3) is 3.30. The van der Waals surface area contributed by atoms with Crippen LogP contribution in [0.25, 0.3) is 11.5 Å². The minimum atomic E-state index is -3.58. The number of thiophene rings is 1. The number of nitrogens with zero attached hydrogens (tertiary/aromatic N) is 2. The average molecular weight is 390 g/mol. The molecule has 4 rings (SSSR count). The molecule has 0 atom stereocenters. The van der Waals surface area contributed by atoms with Crippen LogP contribution in [0.4, 0.5) is 0 Å². The van der Waals surface area contributed by atoms with Crippen molar-refractivity contribution in [1.29, 1.82) is 0 Å². The minimum absolute atomic E-state index is 0.187. The van der Waals surface area contributed by atoms with E-state index in [1.54, 1.807) is 12.1 Å². The molecule has 1 aliphatic rings. The fourth-order valence-electron chi connectivity index (χ4n) is 2.76. The standard InChI is InChI=1S/C17H18N4O3S2/c18-17(8-2-9-17)16-20-15(24-21-16)12-4-6-14(7-5-12)26(22,23)19-11-13-3-1-10-25-13/h1,3-7,10,19H,2,8-9,11,18H2. The molecule has 0 saturated heterocycles. The van der Waals surface area contributed by atoms with E-state index in [1.165, 1.54) is 23.5 Å². The Balaban J connectivity index is 1.49. The van der Waals surface area contributed by atoms with Crippen molar-refractivity contribution in [2.45, 2.75) is 36.2 Å². The Morgan fingerprint density at radius 1 is 1.23 bits per heavy atom. The van der Waals surface area contributed by atoms with Gasteiger partial charge >= 0.3 is 0 Å². The molecule has 7 nitrogen and oxygen atoms in total. The van der Waals surface area contributed by atoms with Crippen molar-refractivity contribution in [2.24, 2.45) is 5.73 Å². The number of nitrogens with one attached hydrogen (secondary N) is 1. The van der Waals surface area contributed by atoms with E-state index in [0.717, 1.165) is 24.1 Å². The lowest BCUT2D eigenvalue weighted by atomic mass is 9.77.